The van der Waals surface area contributed by atoms with Crippen LogP contribution in [0.1, 0.15) is 23.2 Å². The Morgan fingerprint density at radius 1 is 1.35 bits per heavy atom. The summed E-state index contributed by atoms with van der Waals surface area (Å²) >= 11 is 3.46. The molecule has 0 atom stereocenters. The van der Waals surface area contributed by atoms with Crippen molar-refractivity contribution in [1.82, 2.24) is 15.1 Å². The van der Waals surface area contributed by atoms with Crippen molar-refractivity contribution in [3.05, 3.63) is 28.4 Å². The summed E-state index contributed by atoms with van der Waals surface area (Å²) in [7, 11) is 0. The first-order chi connectivity index (χ1) is 8.27. The number of fused-ring (bicyclic) bond motifs is 1. The molecule has 1 aromatic heterocycles. The van der Waals surface area contributed by atoms with Crippen LogP contribution in [0.2, 0.25) is 0 Å². The first-order valence-electron chi connectivity index (χ1n) is 5.68. The van der Waals surface area contributed by atoms with Crippen LogP contribution < -0.4 is 0 Å². The molecule has 4 nitrogen and oxygen atoms in total. The van der Waals surface area contributed by atoms with Crippen molar-refractivity contribution in [3.63, 3.8) is 0 Å². The van der Waals surface area contributed by atoms with Gasteiger partial charge in [-0.2, -0.15) is 5.10 Å². The maximum atomic E-state index is 12.3. The van der Waals surface area contributed by atoms with Crippen LogP contribution in [-0.2, 0) is 0 Å². The number of hydrogen-bond acceptors (Lipinski definition) is 2. The first-order valence-corrected chi connectivity index (χ1v) is 6.47. The molecule has 0 radical (unpaired) electrons. The zero-order chi connectivity index (χ0) is 11.8. The highest BCUT2D eigenvalue weighted by Gasteiger charge is 2.22. The molecule has 2 heterocycles. The molecule has 1 amide bonds. The van der Waals surface area contributed by atoms with Crippen LogP contribution in [0.4, 0.5) is 0 Å². The minimum Gasteiger partial charge on any atom is -0.339 e. The number of likely N-dealkylation sites (tertiary alicyclic amines) is 1. The number of benzene rings is 1. The number of carbonyl (C=O) groups excluding carboxylic acids is 1. The summed E-state index contributed by atoms with van der Waals surface area (Å²) in [6, 6.07) is 3.76. The third kappa shape index (κ3) is 1.74. The van der Waals surface area contributed by atoms with E-state index < -0.39 is 0 Å². The van der Waals surface area contributed by atoms with Gasteiger partial charge in [0.2, 0.25) is 0 Å². The van der Waals surface area contributed by atoms with Crippen molar-refractivity contribution in [2.45, 2.75) is 12.8 Å². The van der Waals surface area contributed by atoms with E-state index in [2.05, 4.69) is 26.1 Å². The fourth-order valence-electron chi connectivity index (χ4n) is 2.27. The highest BCUT2D eigenvalue weighted by Crippen LogP contribution is 2.26. The predicted octanol–water partition coefficient (Wildman–Crippen LogP) is 2.56. The Balaban J connectivity index is 2.07. The normalized spacial score (nSPS) is 15.7. The highest BCUT2D eigenvalue weighted by atomic mass is 79.9. The minimum absolute atomic E-state index is 0.101. The lowest BCUT2D eigenvalue weighted by Gasteiger charge is -2.15. The quantitative estimate of drug-likeness (QED) is 0.878. The summed E-state index contributed by atoms with van der Waals surface area (Å²) in [5.74, 6) is 0.101. The van der Waals surface area contributed by atoms with E-state index in [-0.39, 0.29) is 5.91 Å². The fourth-order valence-corrected chi connectivity index (χ4v) is 2.70. The molecule has 1 N–H and O–H groups in total. The van der Waals surface area contributed by atoms with Crippen LogP contribution in [0.15, 0.2) is 22.8 Å². The molecule has 0 saturated carbocycles. The van der Waals surface area contributed by atoms with Crippen LogP contribution >= 0.6 is 15.9 Å². The number of rotatable bonds is 1. The van der Waals surface area contributed by atoms with Crippen molar-refractivity contribution < 1.29 is 4.79 Å². The van der Waals surface area contributed by atoms with Gasteiger partial charge in [-0.3, -0.25) is 9.89 Å². The molecule has 88 valence electrons. The zero-order valence-electron chi connectivity index (χ0n) is 9.24. The molecule has 0 spiro atoms. The van der Waals surface area contributed by atoms with Crippen LogP contribution in [-0.4, -0.2) is 34.1 Å². The van der Waals surface area contributed by atoms with Gasteiger partial charge in [-0.1, -0.05) is 15.9 Å². The predicted molar refractivity (Wildman–Crippen MR) is 68.9 cm³/mol. The maximum Gasteiger partial charge on any atom is 0.256 e. The molecule has 1 aromatic carbocycles. The van der Waals surface area contributed by atoms with Gasteiger partial charge in [0.1, 0.15) is 0 Å². The van der Waals surface area contributed by atoms with E-state index >= 15 is 0 Å². The number of halogens is 1. The van der Waals surface area contributed by atoms with Gasteiger partial charge in [0, 0.05) is 22.9 Å². The number of aromatic amines is 1. The van der Waals surface area contributed by atoms with Gasteiger partial charge in [0.25, 0.3) is 5.91 Å². The van der Waals surface area contributed by atoms with Crippen molar-refractivity contribution in [2.75, 3.05) is 13.1 Å². The van der Waals surface area contributed by atoms with Gasteiger partial charge < -0.3 is 4.90 Å². The number of H-pyrrole nitrogens is 1. The number of amides is 1. The Labute approximate surface area is 107 Å². The van der Waals surface area contributed by atoms with E-state index in [1.165, 1.54) is 0 Å². The molecular formula is C12H12BrN3O. The number of nitrogens with zero attached hydrogens (tertiary/aromatic N) is 2. The van der Waals surface area contributed by atoms with E-state index in [1.54, 1.807) is 6.20 Å². The Morgan fingerprint density at radius 2 is 2.12 bits per heavy atom. The zero-order valence-corrected chi connectivity index (χ0v) is 10.8. The van der Waals surface area contributed by atoms with Crippen LogP contribution in [0.25, 0.3) is 10.9 Å². The van der Waals surface area contributed by atoms with E-state index in [1.807, 2.05) is 17.0 Å². The third-order valence-electron chi connectivity index (χ3n) is 3.19. The van der Waals surface area contributed by atoms with Gasteiger partial charge >= 0.3 is 0 Å². The van der Waals surface area contributed by atoms with Crippen molar-refractivity contribution in [1.29, 1.82) is 0 Å². The second kappa shape index (κ2) is 4.14. The molecule has 1 fully saturated rings. The lowest BCUT2D eigenvalue weighted by molar-refractivity contribution is 0.0794. The second-order valence-corrected chi connectivity index (χ2v) is 5.11. The Hall–Kier alpha value is -1.36. The lowest BCUT2D eigenvalue weighted by Crippen LogP contribution is -2.27. The Kier molecular flexibility index (Phi) is 2.63. The highest BCUT2D eigenvalue weighted by molar-refractivity contribution is 9.10. The number of carbonyl (C=O) groups is 1. The molecule has 0 unspecified atom stereocenters. The summed E-state index contributed by atoms with van der Waals surface area (Å²) in [6.07, 6.45) is 3.95. The van der Waals surface area contributed by atoms with E-state index in [0.717, 1.165) is 41.3 Å². The molecule has 17 heavy (non-hydrogen) atoms. The Morgan fingerprint density at radius 3 is 2.88 bits per heavy atom. The van der Waals surface area contributed by atoms with E-state index in [9.17, 15) is 4.79 Å². The van der Waals surface area contributed by atoms with Crippen molar-refractivity contribution >= 4 is 32.7 Å². The number of nitrogens with one attached hydrogen (secondary N) is 1. The SMILES string of the molecule is O=C(c1ccc(Br)c2cn[nH]c12)N1CCCC1. The van der Waals surface area contributed by atoms with Gasteiger partial charge in [-0.15, -0.1) is 0 Å². The average molecular weight is 294 g/mol. The largest absolute Gasteiger partial charge is 0.339 e. The van der Waals surface area contributed by atoms with E-state index in [0.29, 0.717) is 5.56 Å². The van der Waals surface area contributed by atoms with Crippen LogP contribution in [0.5, 0.6) is 0 Å². The van der Waals surface area contributed by atoms with Gasteiger partial charge in [0.05, 0.1) is 17.3 Å². The summed E-state index contributed by atoms with van der Waals surface area (Å²) in [4.78, 5) is 14.2. The summed E-state index contributed by atoms with van der Waals surface area (Å²) in [5.41, 5.74) is 1.53. The third-order valence-corrected chi connectivity index (χ3v) is 3.88. The smallest absolute Gasteiger partial charge is 0.256 e. The minimum atomic E-state index is 0.101. The molecule has 0 bridgehead atoms. The van der Waals surface area contributed by atoms with Crippen LogP contribution in [0, 0.1) is 0 Å². The lowest BCUT2D eigenvalue weighted by atomic mass is 10.1. The molecule has 5 heteroatoms. The standard InChI is InChI=1S/C12H12BrN3O/c13-10-4-3-8(11-9(10)7-14-15-11)12(17)16-5-1-2-6-16/h3-4,7H,1-2,5-6H2,(H,14,15). The van der Waals surface area contributed by atoms with Crippen molar-refractivity contribution in [3.8, 4) is 0 Å². The van der Waals surface area contributed by atoms with Crippen LogP contribution in [0.3, 0.4) is 0 Å². The van der Waals surface area contributed by atoms with Gasteiger partial charge in [-0.05, 0) is 25.0 Å². The average Bonchev–Trinajstić information content (AvgIpc) is 3.00. The number of aromatic nitrogens is 2. The monoisotopic (exact) mass is 293 g/mol. The summed E-state index contributed by atoms with van der Waals surface area (Å²) in [5, 5.41) is 7.87. The van der Waals surface area contributed by atoms with Gasteiger partial charge in [0.15, 0.2) is 0 Å². The Bertz CT molecular complexity index is 572. The molecule has 0 aliphatic carbocycles. The van der Waals surface area contributed by atoms with E-state index in [4.69, 9.17) is 0 Å². The van der Waals surface area contributed by atoms with Gasteiger partial charge in [-0.25, -0.2) is 0 Å². The van der Waals surface area contributed by atoms with Crippen molar-refractivity contribution in [2.24, 2.45) is 0 Å². The molecule has 1 saturated heterocycles. The maximum absolute atomic E-state index is 12.3. The molecule has 1 aliphatic rings. The molecule has 2 aromatic rings. The topological polar surface area (TPSA) is 49.0 Å². The molecule has 3 rings (SSSR count). The summed E-state index contributed by atoms with van der Waals surface area (Å²) < 4.78 is 0.958. The molecular weight excluding hydrogens is 282 g/mol. The molecule has 1 aliphatic heterocycles. The number of hydrogen-bond donors (Lipinski definition) is 1. The summed E-state index contributed by atoms with van der Waals surface area (Å²) in [6.45, 7) is 1.73. The fraction of sp³-hybridized carbons (Fsp3) is 0.333. The second-order valence-electron chi connectivity index (χ2n) is 4.25. The first kappa shape index (κ1) is 10.8.